The van der Waals surface area contributed by atoms with Gasteiger partial charge in [0.2, 0.25) is 0 Å². The average Bonchev–Trinajstić information content (AvgIpc) is 2.87. The van der Waals surface area contributed by atoms with Gasteiger partial charge in [-0.15, -0.1) is 0 Å². The summed E-state index contributed by atoms with van der Waals surface area (Å²) in [4.78, 5) is 22.3. The first-order valence-electron chi connectivity index (χ1n) is 11.3. The molecule has 0 radical (unpaired) electrons. The van der Waals surface area contributed by atoms with Gasteiger partial charge in [0.25, 0.3) is 0 Å². The van der Waals surface area contributed by atoms with Gasteiger partial charge in [0.15, 0.2) is 0 Å². The first-order valence-corrected chi connectivity index (χ1v) is 12.8. The second-order valence-electron chi connectivity index (χ2n) is 8.15. The van der Waals surface area contributed by atoms with Crippen LogP contribution in [0.5, 0.6) is 0 Å². The van der Waals surface area contributed by atoms with E-state index in [2.05, 4.69) is 29.7 Å². The minimum absolute atomic E-state index is 0.537. The third-order valence-electron chi connectivity index (χ3n) is 5.56. The summed E-state index contributed by atoms with van der Waals surface area (Å²) >= 11 is 25.7. The first-order chi connectivity index (χ1) is 17.5. The zero-order valence-electron chi connectivity index (χ0n) is 19.4. The Morgan fingerprint density at radius 3 is 0.917 bits per heavy atom. The Hall–Kier alpha value is -2.32. The van der Waals surface area contributed by atoms with E-state index in [1.165, 1.54) is 0 Å². The zero-order chi connectivity index (χ0) is 25.3. The van der Waals surface area contributed by atoms with Crippen molar-refractivity contribution in [3.63, 3.8) is 0 Å². The van der Waals surface area contributed by atoms with Gasteiger partial charge in [-0.2, -0.15) is 0 Å². The molecule has 10 heteroatoms. The van der Waals surface area contributed by atoms with E-state index in [9.17, 15) is 0 Å². The number of hydrogen-bond acceptors (Lipinski definition) is 6. The predicted molar refractivity (Wildman–Crippen MR) is 145 cm³/mol. The Kier molecular flexibility index (Phi) is 9.87. The molecule has 0 aliphatic carbocycles. The zero-order valence-corrected chi connectivity index (χ0v) is 22.4. The highest BCUT2D eigenvalue weighted by Crippen LogP contribution is 2.21. The summed E-state index contributed by atoms with van der Waals surface area (Å²) in [6.45, 7) is 3.50. The van der Waals surface area contributed by atoms with E-state index in [0.717, 1.165) is 22.8 Å². The van der Waals surface area contributed by atoms with Crippen LogP contribution in [0.3, 0.4) is 0 Å². The van der Waals surface area contributed by atoms with Gasteiger partial charge in [0.05, 0.1) is 42.9 Å². The Morgan fingerprint density at radius 2 is 0.694 bits per heavy atom. The Balaban J connectivity index is 1.56. The monoisotopic (exact) mass is 560 g/mol. The van der Waals surface area contributed by atoms with E-state index >= 15 is 0 Å². The van der Waals surface area contributed by atoms with Crippen LogP contribution in [0, 0.1) is 0 Å². The number of nitrogens with zero attached hydrogens (tertiary/aromatic N) is 6. The summed E-state index contributed by atoms with van der Waals surface area (Å²) in [5.74, 6) is 0. The van der Waals surface area contributed by atoms with Gasteiger partial charge >= 0.3 is 0 Å². The fourth-order valence-electron chi connectivity index (χ4n) is 3.70. The van der Waals surface area contributed by atoms with Gasteiger partial charge in [0.1, 0.15) is 0 Å². The minimum Gasteiger partial charge on any atom is -0.290 e. The van der Waals surface area contributed by atoms with Crippen molar-refractivity contribution >= 4 is 46.4 Å². The maximum Gasteiger partial charge on any atom is 0.0729 e. The molecule has 4 aromatic heterocycles. The third-order valence-corrected chi connectivity index (χ3v) is 6.94. The number of aromatic nitrogens is 4. The van der Waals surface area contributed by atoms with Gasteiger partial charge < -0.3 is 0 Å². The quantitative estimate of drug-likeness (QED) is 0.206. The van der Waals surface area contributed by atoms with E-state index in [1.54, 1.807) is 24.8 Å². The molecule has 0 saturated heterocycles. The van der Waals surface area contributed by atoms with Crippen molar-refractivity contribution in [2.75, 3.05) is 13.1 Å². The van der Waals surface area contributed by atoms with Crippen LogP contribution in [0.25, 0.3) is 0 Å². The maximum absolute atomic E-state index is 6.43. The van der Waals surface area contributed by atoms with Gasteiger partial charge in [-0.25, -0.2) is 0 Å². The fraction of sp³-hybridized carbons (Fsp3) is 0.231. The molecule has 36 heavy (non-hydrogen) atoms. The smallest absolute Gasteiger partial charge is 0.0729 e. The van der Waals surface area contributed by atoms with E-state index in [1.807, 2.05) is 48.5 Å². The average molecular weight is 562 g/mol. The van der Waals surface area contributed by atoms with Crippen molar-refractivity contribution in [3.05, 3.63) is 116 Å². The second kappa shape index (κ2) is 13.3. The number of halogens is 4. The van der Waals surface area contributed by atoms with E-state index in [0.29, 0.717) is 59.4 Å². The highest BCUT2D eigenvalue weighted by atomic mass is 35.5. The molecule has 4 heterocycles. The molecule has 0 aliphatic rings. The molecule has 4 aromatic rings. The molecule has 0 aliphatic heterocycles. The molecular weight excluding hydrogens is 538 g/mol. The van der Waals surface area contributed by atoms with Crippen LogP contribution in [0.1, 0.15) is 22.8 Å². The van der Waals surface area contributed by atoms with E-state index < -0.39 is 0 Å². The Morgan fingerprint density at radius 1 is 0.444 bits per heavy atom. The molecule has 186 valence electrons. The van der Waals surface area contributed by atoms with Crippen LogP contribution in [0.4, 0.5) is 0 Å². The van der Waals surface area contributed by atoms with E-state index in [4.69, 9.17) is 46.4 Å². The lowest BCUT2D eigenvalue weighted by atomic mass is 10.2. The summed E-state index contributed by atoms with van der Waals surface area (Å²) in [5, 5.41) is 2.47. The standard InChI is InChI=1S/C26H24Cl4N6/c27-19-5-1-9-31-23(19)15-35(16-24-20(28)6-2-10-32-24)13-14-36(17-25-21(29)7-3-11-33-25)18-26-22(30)8-4-12-34-26/h1-12H,13-18H2. The fourth-order valence-corrected chi connectivity index (χ4v) is 4.42. The summed E-state index contributed by atoms with van der Waals surface area (Å²) in [6.07, 6.45) is 6.97. The lowest BCUT2D eigenvalue weighted by Crippen LogP contribution is -2.35. The van der Waals surface area contributed by atoms with Crippen molar-refractivity contribution in [1.29, 1.82) is 0 Å². The second-order valence-corrected chi connectivity index (χ2v) is 9.78. The first kappa shape index (κ1) is 26.7. The maximum atomic E-state index is 6.43. The summed E-state index contributed by atoms with van der Waals surface area (Å²) < 4.78 is 0. The van der Waals surface area contributed by atoms with Crippen LogP contribution in [0.15, 0.2) is 73.3 Å². The molecule has 0 spiro atoms. The molecule has 0 bridgehead atoms. The largest absolute Gasteiger partial charge is 0.290 e. The number of hydrogen-bond donors (Lipinski definition) is 0. The van der Waals surface area contributed by atoms with E-state index in [-0.39, 0.29) is 0 Å². The highest BCUT2D eigenvalue weighted by molar-refractivity contribution is 6.32. The molecule has 0 N–H and O–H groups in total. The Labute approximate surface area is 230 Å². The van der Waals surface area contributed by atoms with Crippen molar-refractivity contribution in [3.8, 4) is 0 Å². The molecule has 0 atom stereocenters. The van der Waals surface area contributed by atoms with Crippen LogP contribution in [-0.4, -0.2) is 42.8 Å². The summed E-state index contributed by atoms with van der Waals surface area (Å²) in [5.41, 5.74) is 3.16. The normalized spacial score (nSPS) is 11.4. The topological polar surface area (TPSA) is 58.0 Å². The van der Waals surface area contributed by atoms with Crippen LogP contribution in [-0.2, 0) is 26.2 Å². The SMILES string of the molecule is Clc1cccnc1CN(CCN(Cc1ncccc1Cl)Cc1ncccc1Cl)Cc1ncccc1Cl. The van der Waals surface area contributed by atoms with Crippen LogP contribution < -0.4 is 0 Å². The summed E-state index contributed by atoms with van der Waals surface area (Å²) in [6, 6.07) is 14.6. The molecule has 0 aromatic carbocycles. The van der Waals surface area contributed by atoms with Gasteiger partial charge in [-0.3, -0.25) is 29.7 Å². The predicted octanol–water partition coefficient (Wildman–Crippen LogP) is 6.58. The molecule has 4 rings (SSSR count). The molecule has 6 nitrogen and oxygen atoms in total. The molecule has 0 unspecified atom stereocenters. The minimum atomic E-state index is 0.537. The molecule has 0 amide bonds. The number of rotatable bonds is 11. The number of pyridine rings is 4. The highest BCUT2D eigenvalue weighted by Gasteiger charge is 2.17. The molecule has 0 saturated carbocycles. The molecule has 0 fully saturated rings. The third kappa shape index (κ3) is 7.59. The van der Waals surface area contributed by atoms with Crippen LogP contribution >= 0.6 is 46.4 Å². The Bertz CT molecular complexity index is 1090. The lowest BCUT2D eigenvalue weighted by Gasteiger charge is -2.28. The van der Waals surface area contributed by atoms with Gasteiger partial charge in [0, 0.05) is 64.1 Å². The van der Waals surface area contributed by atoms with Gasteiger partial charge in [-0.05, 0) is 48.5 Å². The summed E-state index contributed by atoms with van der Waals surface area (Å²) in [7, 11) is 0. The van der Waals surface area contributed by atoms with Crippen molar-refractivity contribution in [2.45, 2.75) is 26.2 Å². The molecular formula is C26H24Cl4N6. The van der Waals surface area contributed by atoms with Crippen molar-refractivity contribution in [2.24, 2.45) is 0 Å². The lowest BCUT2D eigenvalue weighted by molar-refractivity contribution is 0.178. The van der Waals surface area contributed by atoms with Crippen molar-refractivity contribution < 1.29 is 0 Å². The van der Waals surface area contributed by atoms with Gasteiger partial charge in [-0.1, -0.05) is 46.4 Å². The van der Waals surface area contributed by atoms with Crippen molar-refractivity contribution in [1.82, 2.24) is 29.7 Å². The van der Waals surface area contributed by atoms with Crippen LogP contribution in [0.2, 0.25) is 20.1 Å².